The van der Waals surface area contributed by atoms with E-state index in [4.69, 9.17) is 14.6 Å². The summed E-state index contributed by atoms with van der Waals surface area (Å²) < 4.78 is 48.0. The molecule has 0 bridgehead atoms. The molecular weight excluding hydrogens is 359 g/mol. The summed E-state index contributed by atoms with van der Waals surface area (Å²) in [5.74, 6) is 0.337. The number of rotatable bonds is 3. The number of hydrogen-bond donors (Lipinski definition) is 1. The number of fused-ring (bicyclic) bond motifs is 2. The van der Waals surface area contributed by atoms with Gasteiger partial charge in [0.2, 0.25) is 10.0 Å². The van der Waals surface area contributed by atoms with E-state index in [-0.39, 0.29) is 23.5 Å². The Balaban J connectivity index is 1.70. The predicted octanol–water partition coefficient (Wildman–Crippen LogP) is 2.29. The van der Waals surface area contributed by atoms with Crippen LogP contribution in [-0.2, 0) is 34.3 Å². The van der Waals surface area contributed by atoms with Crippen LogP contribution in [0.1, 0.15) is 23.6 Å². The van der Waals surface area contributed by atoms with Gasteiger partial charge in [-0.25, -0.2) is 17.9 Å². The summed E-state index contributed by atoms with van der Waals surface area (Å²) in [4.78, 5) is 2.23. The number of halogens is 1. The normalized spacial score (nSPS) is 19.0. The van der Waals surface area contributed by atoms with Crippen molar-refractivity contribution < 1.29 is 22.3 Å². The lowest BCUT2D eigenvalue weighted by Crippen LogP contribution is -2.29. The summed E-state index contributed by atoms with van der Waals surface area (Å²) in [6, 6.07) is 7.93. The molecule has 26 heavy (non-hydrogen) atoms. The second-order valence-electron chi connectivity index (χ2n) is 6.68. The maximum absolute atomic E-state index is 14.0. The highest BCUT2D eigenvalue weighted by Crippen LogP contribution is 2.37. The maximum atomic E-state index is 14.0. The van der Waals surface area contributed by atoms with Crippen LogP contribution in [0.4, 0.5) is 10.1 Å². The topological polar surface area (TPSA) is 81.9 Å². The first-order chi connectivity index (χ1) is 12.3. The molecule has 0 radical (unpaired) electrons. The largest absolute Gasteiger partial charge is 0.467 e. The molecule has 6 nitrogen and oxygen atoms in total. The third-order valence-electron chi connectivity index (χ3n) is 4.83. The molecule has 2 aromatic rings. The molecule has 2 aliphatic heterocycles. The van der Waals surface area contributed by atoms with Gasteiger partial charge in [0.15, 0.2) is 6.79 Å². The first kappa shape index (κ1) is 17.3. The summed E-state index contributed by atoms with van der Waals surface area (Å²) in [5.41, 5.74) is 3.29. The van der Waals surface area contributed by atoms with Crippen LogP contribution in [-0.4, -0.2) is 21.3 Å². The first-order valence-corrected chi connectivity index (χ1v) is 9.82. The first-order valence-electron chi connectivity index (χ1n) is 8.27. The van der Waals surface area contributed by atoms with Crippen molar-refractivity contribution in [2.45, 2.75) is 37.4 Å². The van der Waals surface area contributed by atoms with Crippen molar-refractivity contribution in [3.8, 4) is 5.75 Å². The molecule has 8 heteroatoms. The van der Waals surface area contributed by atoms with Crippen LogP contribution in [0, 0.1) is 5.82 Å². The van der Waals surface area contributed by atoms with E-state index in [0.717, 1.165) is 16.8 Å². The molecule has 4 rings (SSSR count). The van der Waals surface area contributed by atoms with Crippen LogP contribution in [0.5, 0.6) is 5.75 Å². The van der Waals surface area contributed by atoms with Gasteiger partial charge < -0.3 is 14.4 Å². The number of anilines is 1. The molecule has 0 amide bonds. The number of primary sulfonamides is 1. The number of sulfonamides is 1. The smallest absolute Gasteiger partial charge is 0.238 e. The van der Waals surface area contributed by atoms with Gasteiger partial charge in [-0.05, 0) is 49.2 Å². The molecule has 0 saturated heterocycles. The summed E-state index contributed by atoms with van der Waals surface area (Å²) in [5, 5.41) is 5.23. The Hall–Kier alpha value is -2.16. The molecule has 2 aromatic carbocycles. The molecular formula is C18H19FN2O4S. The van der Waals surface area contributed by atoms with E-state index in [1.165, 1.54) is 18.2 Å². The van der Waals surface area contributed by atoms with Crippen LogP contribution in [0.25, 0.3) is 0 Å². The molecule has 0 saturated carbocycles. The van der Waals surface area contributed by atoms with Gasteiger partial charge in [0.1, 0.15) is 11.6 Å². The van der Waals surface area contributed by atoms with Crippen molar-refractivity contribution in [3.05, 3.63) is 52.8 Å². The Bertz CT molecular complexity index is 977. The standard InChI is InChI=1S/C18H19FN2O4S/c1-11-4-12-7-16(26(20,22)23)2-3-17(12)21(11)8-13-5-15(19)6-14-9-24-10-25-18(13)14/h2-3,5-7,11H,4,8-10H2,1H3,(H2,20,22,23). The van der Waals surface area contributed by atoms with E-state index in [0.29, 0.717) is 30.9 Å². The Morgan fingerprint density at radius 1 is 1.27 bits per heavy atom. The van der Waals surface area contributed by atoms with Gasteiger partial charge in [0.05, 0.1) is 11.5 Å². The third-order valence-corrected chi connectivity index (χ3v) is 5.74. The minimum Gasteiger partial charge on any atom is -0.467 e. The summed E-state index contributed by atoms with van der Waals surface area (Å²) in [6.07, 6.45) is 0.695. The highest BCUT2D eigenvalue weighted by atomic mass is 32.2. The lowest BCUT2D eigenvalue weighted by Gasteiger charge is -2.28. The Kier molecular flexibility index (Phi) is 4.13. The number of hydrogen-bond acceptors (Lipinski definition) is 5. The Labute approximate surface area is 151 Å². The van der Waals surface area contributed by atoms with Gasteiger partial charge in [-0.15, -0.1) is 0 Å². The molecule has 138 valence electrons. The molecule has 1 atom stereocenters. The summed E-state index contributed by atoms with van der Waals surface area (Å²) in [6.45, 7) is 2.98. The Morgan fingerprint density at radius 3 is 2.85 bits per heavy atom. The molecule has 0 fully saturated rings. The summed E-state index contributed by atoms with van der Waals surface area (Å²) >= 11 is 0. The maximum Gasteiger partial charge on any atom is 0.238 e. The highest BCUT2D eigenvalue weighted by Gasteiger charge is 2.29. The number of benzene rings is 2. The predicted molar refractivity (Wildman–Crippen MR) is 93.8 cm³/mol. The van der Waals surface area contributed by atoms with Crippen molar-refractivity contribution in [1.29, 1.82) is 0 Å². The van der Waals surface area contributed by atoms with Crippen LogP contribution in [0.2, 0.25) is 0 Å². The molecule has 2 aliphatic rings. The van der Waals surface area contributed by atoms with Gasteiger partial charge in [0, 0.05) is 29.4 Å². The monoisotopic (exact) mass is 378 g/mol. The van der Waals surface area contributed by atoms with Crippen molar-refractivity contribution in [3.63, 3.8) is 0 Å². The zero-order valence-electron chi connectivity index (χ0n) is 14.2. The number of ether oxygens (including phenoxy) is 2. The van der Waals surface area contributed by atoms with E-state index in [9.17, 15) is 12.8 Å². The molecule has 0 aromatic heterocycles. The molecule has 2 heterocycles. The van der Waals surface area contributed by atoms with E-state index < -0.39 is 10.0 Å². The second kappa shape index (κ2) is 6.22. The average Bonchev–Trinajstić information content (AvgIpc) is 2.89. The molecule has 0 spiro atoms. The van der Waals surface area contributed by atoms with Gasteiger partial charge in [-0.2, -0.15) is 0 Å². The van der Waals surface area contributed by atoms with E-state index in [1.807, 2.05) is 6.92 Å². The minimum atomic E-state index is -3.74. The third kappa shape index (κ3) is 3.04. The van der Waals surface area contributed by atoms with Crippen LogP contribution in [0.15, 0.2) is 35.2 Å². The quantitative estimate of drug-likeness (QED) is 0.886. The second-order valence-corrected chi connectivity index (χ2v) is 8.24. The van der Waals surface area contributed by atoms with Gasteiger partial charge in [-0.3, -0.25) is 0 Å². The molecule has 0 aliphatic carbocycles. The van der Waals surface area contributed by atoms with Gasteiger partial charge in [0.25, 0.3) is 0 Å². The van der Waals surface area contributed by atoms with Crippen LogP contribution >= 0.6 is 0 Å². The van der Waals surface area contributed by atoms with E-state index in [2.05, 4.69) is 4.90 Å². The fourth-order valence-corrected chi connectivity index (χ4v) is 4.21. The van der Waals surface area contributed by atoms with Gasteiger partial charge >= 0.3 is 0 Å². The van der Waals surface area contributed by atoms with Crippen LogP contribution in [0.3, 0.4) is 0 Å². The molecule has 1 unspecified atom stereocenters. The fraction of sp³-hybridized carbons (Fsp3) is 0.333. The molecule has 2 N–H and O–H groups in total. The SMILES string of the molecule is CC1Cc2cc(S(N)(=O)=O)ccc2N1Cc1cc(F)cc2c1OCOC2. The van der Waals surface area contributed by atoms with Crippen LogP contribution < -0.4 is 14.8 Å². The lowest BCUT2D eigenvalue weighted by molar-refractivity contribution is -0.0172. The van der Waals surface area contributed by atoms with Crippen molar-refractivity contribution >= 4 is 15.7 Å². The van der Waals surface area contributed by atoms with E-state index in [1.54, 1.807) is 12.1 Å². The van der Waals surface area contributed by atoms with Crippen molar-refractivity contribution in [1.82, 2.24) is 0 Å². The van der Waals surface area contributed by atoms with Crippen molar-refractivity contribution in [2.75, 3.05) is 11.7 Å². The lowest BCUT2D eigenvalue weighted by atomic mass is 10.1. The Morgan fingerprint density at radius 2 is 2.08 bits per heavy atom. The minimum absolute atomic E-state index is 0.105. The zero-order valence-corrected chi connectivity index (χ0v) is 15.1. The zero-order chi connectivity index (χ0) is 18.5. The number of nitrogens with two attached hydrogens (primary N) is 1. The highest BCUT2D eigenvalue weighted by molar-refractivity contribution is 7.89. The van der Waals surface area contributed by atoms with E-state index >= 15 is 0 Å². The fourth-order valence-electron chi connectivity index (χ4n) is 3.65. The van der Waals surface area contributed by atoms with Crippen molar-refractivity contribution in [2.24, 2.45) is 5.14 Å². The summed E-state index contributed by atoms with van der Waals surface area (Å²) in [7, 11) is -3.74. The van der Waals surface area contributed by atoms with Gasteiger partial charge in [-0.1, -0.05) is 0 Å². The average molecular weight is 378 g/mol. The number of nitrogens with zero attached hydrogens (tertiary/aromatic N) is 1.